The molecule has 0 bridgehead atoms. The summed E-state index contributed by atoms with van der Waals surface area (Å²) in [5.74, 6) is -1.49. The predicted octanol–water partition coefficient (Wildman–Crippen LogP) is 5.11. The van der Waals surface area contributed by atoms with E-state index in [-0.39, 0.29) is 12.1 Å². The van der Waals surface area contributed by atoms with Crippen molar-refractivity contribution < 1.29 is 8.78 Å². The van der Waals surface area contributed by atoms with Crippen molar-refractivity contribution in [2.45, 2.75) is 71.3 Å². The highest BCUT2D eigenvalue weighted by Crippen LogP contribution is 2.18. The van der Waals surface area contributed by atoms with Crippen molar-refractivity contribution in [3.05, 3.63) is 34.9 Å². The first-order chi connectivity index (χ1) is 9.70. The number of rotatable bonds is 10. The predicted molar refractivity (Wildman–Crippen MR) is 80.6 cm³/mol. The van der Waals surface area contributed by atoms with Crippen LogP contribution in [0.3, 0.4) is 0 Å². The Morgan fingerprint density at radius 3 is 1.90 bits per heavy atom. The fraction of sp³-hybridized carbons (Fsp3) is 0.647. The molecule has 0 heterocycles. The molecule has 1 aromatic rings. The molecule has 0 aliphatic heterocycles. The smallest absolute Gasteiger partial charge is 0.163 e. The van der Waals surface area contributed by atoms with Crippen LogP contribution in [0, 0.1) is 11.6 Å². The molecule has 1 rings (SSSR count). The lowest BCUT2D eigenvalue weighted by atomic mass is 10.0. The molecule has 0 fully saturated rings. The Kier molecular flexibility index (Phi) is 8.43. The van der Waals surface area contributed by atoms with Gasteiger partial charge in [-0.2, -0.15) is 0 Å². The van der Waals surface area contributed by atoms with Crippen LogP contribution < -0.4 is 5.73 Å². The Labute approximate surface area is 121 Å². The van der Waals surface area contributed by atoms with Crippen molar-refractivity contribution in [1.29, 1.82) is 0 Å². The standard InChI is InChI=1S/C17H27F2N/c1-2-3-4-5-6-7-8-9-10-14-11-12-15(13-20)17(19)16(14)18/h11-12H,2-10,13,20H2,1H3. The van der Waals surface area contributed by atoms with Crippen LogP contribution in [0.5, 0.6) is 0 Å². The maximum absolute atomic E-state index is 13.7. The first-order valence-corrected chi connectivity index (χ1v) is 7.86. The SMILES string of the molecule is CCCCCCCCCCc1ccc(CN)c(F)c1F. The topological polar surface area (TPSA) is 26.0 Å². The van der Waals surface area contributed by atoms with Crippen LogP contribution in [-0.4, -0.2) is 0 Å². The summed E-state index contributed by atoms with van der Waals surface area (Å²) in [5.41, 5.74) is 6.08. The van der Waals surface area contributed by atoms with Gasteiger partial charge in [-0.15, -0.1) is 0 Å². The Morgan fingerprint density at radius 1 is 0.800 bits per heavy atom. The third-order valence-electron chi connectivity index (χ3n) is 3.76. The molecular weight excluding hydrogens is 256 g/mol. The van der Waals surface area contributed by atoms with Crippen molar-refractivity contribution in [2.24, 2.45) is 5.73 Å². The van der Waals surface area contributed by atoms with Crippen LogP contribution in [0.25, 0.3) is 0 Å². The van der Waals surface area contributed by atoms with E-state index in [0.717, 1.165) is 12.8 Å². The Balaban J connectivity index is 2.24. The summed E-state index contributed by atoms with van der Waals surface area (Å²) in [6, 6.07) is 3.26. The third kappa shape index (κ3) is 5.58. The van der Waals surface area contributed by atoms with Crippen LogP contribution in [0.1, 0.15) is 69.4 Å². The number of nitrogens with two attached hydrogens (primary N) is 1. The molecule has 0 saturated carbocycles. The van der Waals surface area contributed by atoms with E-state index >= 15 is 0 Å². The van der Waals surface area contributed by atoms with Crippen molar-refractivity contribution in [2.75, 3.05) is 0 Å². The van der Waals surface area contributed by atoms with Gasteiger partial charge in [0, 0.05) is 12.1 Å². The molecule has 20 heavy (non-hydrogen) atoms. The maximum atomic E-state index is 13.7. The van der Waals surface area contributed by atoms with E-state index in [9.17, 15) is 8.78 Å². The minimum atomic E-state index is -0.774. The quantitative estimate of drug-likeness (QED) is 0.593. The minimum Gasteiger partial charge on any atom is -0.326 e. The summed E-state index contributed by atoms with van der Waals surface area (Å²) in [5, 5.41) is 0. The van der Waals surface area contributed by atoms with Gasteiger partial charge >= 0.3 is 0 Å². The number of aryl methyl sites for hydroxylation is 1. The van der Waals surface area contributed by atoms with Gasteiger partial charge in [-0.1, -0.05) is 64.0 Å². The number of unbranched alkanes of at least 4 members (excludes halogenated alkanes) is 7. The van der Waals surface area contributed by atoms with Gasteiger partial charge in [0.2, 0.25) is 0 Å². The molecule has 114 valence electrons. The van der Waals surface area contributed by atoms with Gasteiger partial charge < -0.3 is 5.73 Å². The summed E-state index contributed by atoms with van der Waals surface area (Å²) in [7, 11) is 0. The molecule has 0 unspecified atom stereocenters. The summed E-state index contributed by atoms with van der Waals surface area (Å²) >= 11 is 0. The van der Waals surface area contributed by atoms with E-state index in [2.05, 4.69) is 6.92 Å². The maximum Gasteiger partial charge on any atom is 0.163 e. The van der Waals surface area contributed by atoms with Gasteiger partial charge in [0.1, 0.15) is 0 Å². The molecule has 0 aromatic heterocycles. The number of benzene rings is 1. The van der Waals surface area contributed by atoms with Gasteiger partial charge in [-0.3, -0.25) is 0 Å². The summed E-state index contributed by atoms with van der Waals surface area (Å²) in [6.45, 7) is 2.25. The fourth-order valence-corrected chi connectivity index (χ4v) is 2.43. The first-order valence-electron chi connectivity index (χ1n) is 7.86. The second-order valence-corrected chi connectivity index (χ2v) is 5.44. The lowest BCUT2D eigenvalue weighted by molar-refractivity contribution is 0.486. The van der Waals surface area contributed by atoms with E-state index in [0.29, 0.717) is 12.0 Å². The monoisotopic (exact) mass is 283 g/mol. The lowest BCUT2D eigenvalue weighted by Gasteiger charge is -2.07. The van der Waals surface area contributed by atoms with Crippen LogP contribution in [0.15, 0.2) is 12.1 Å². The summed E-state index contributed by atoms with van der Waals surface area (Å²) in [4.78, 5) is 0. The van der Waals surface area contributed by atoms with E-state index in [1.54, 1.807) is 12.1 Å². The van der Waals surface area contributed by atoms with Crippen molar-refractivity contribution in [3.63, 3.8) is 0 Å². The number of hydrogen-bond acceptors (Lipinski definition) is 1. The highest BCUT2D eigenvalue weighted by atomic mass is 19.2. The normalized spacial score (nSPS) is 11.0. The Hall–Kier alpha value is -0.960. The average Bonchev–Trinajstić information content (AvgIpc) is 2.46. The molecule has 0 amide bonds. The van der Waals surface area contributed by atoms with E-state index in [1.807, 2.05) is 0 Å². The van der Waals surface area contributed by atoms with Gasteiger partial charge in [0.25, 0.3) is 0 Å². The Bertz CT molecular complexity index is 391. The molecule has 0 aliphatic rings. The van der Waals surface area contributed by atoms with Crippen molar-refractivity contribution in [3.8, 4) is 0 Å². The largest absolute Gasteiger partial charge is 0.326 e. The van der Waals surface area contributed by atoms with E-state index in [1.165, 1.54) is 38.5 Å². The molecule has 0 spiro atoms. The van der Waals surface area contributed by atoms with Crippen LogP contribution in [0.2, 0.25) is 0 Å². The van der Waals surface area contributed by atoms with Gasteiger partial charge in [0.15, 0.2) is 11.6 Å². The molecule has 1 aromatic carbocycles. The minimum absolute atomic E-state index is 0.0425. The molecule has 0 radical (unpaired) electrons. The molecule has 2 N–H and O–H groups in total. The third-order valence-corrected chi connectivity index (χ3v) is 3.76. The second-order valence-electron chi connectivity index (χ2n) is 5.44. The second kappa shape index (κ2) is 9.87. The van der Waals surface area contributed by atoms with Crippen LogP contribution >= 0.6 is 0 Å². The number of hydrogen-bond donors (Lipinski definition) is 1. The lowest BCUT2D eigenvalue weighted by Crippen LogP contribution is -2.04. The van der Waals surface area contributed by atoms with Gasteiger partial charge in [-0.05, 0) is 18.4 Å². The molecule has 1 nitrogen and oxygen atoms in total. The molecule has 0 aliphatic carbocycles. The Morgan fingerprint density at radius 2 is 1.30 bits per heavy atom. The highest BCUT2D eigenvalue weighted by Gasteiger charge is 2.11. The van der Waals surface area contributed by atoms with Crippen molar-refractivity contribution in [1.82, 2.24) is 0 Å². The van der Waals surface area contributed by atoms with Gasteiger partial charge in [-0.25, -0.2) is 8.78 Å². The zero-order chi connectivity index (χ0) is 14.8. The fourth-order valence-electron chi connectivity index (χ4n) is 2.43. The molecule has 0 saturated heterocycles. The molecular formula is C17H27F2N. The highest BCUT2D eigenvalue weighted by molar-refractivity contribution is 5.26. The van der Waals surface area contributed by atoms with Crippen molar-refractivity contribution >= 4 is 0 Å². The molecule has 0 atom stereocenters. The van der Waals surface area contributed by atoms with Gasteiger partial charge in [0.05, 0.1) is 0 Å². The van der Waals surface area contributed by atoms with Crippen LogP contribution in [-0.2, 0) is 13.0 Å². The summed E-state index contributed by atoms with van der Waals surface area (Å²) < 4.78 is 27.3. The molecule has 3 heteroatoms. The zero-order valence-electron chi connectivity index (χ0n) is 12.6. The van der Waals surface area contributed by atoms with E-state index < -0.39 is 11.6 Å². The van der Waals surface area contributed by atoms with Crippen LogP contribution in [0.4, 0.5) is 8.78 Å². The zero-order valence-corrected chi connectivity index (χ0v) is 12.6. The first kappa shape index (κ1) is 17.1. The average molecular weight is 283 g/mol. The van der Waals surface area contributed by atoms with E-state index in [4.69, 9.17) is 5.73 Å². The number of halogens is 2. The summed E-state index contributed by atoms with van der Waals surface area (Å²) in [6.07, 6.45) is 10.3.